The van der Waals surface area contributed by atoms with Crippen molar-refractivity contribution in [3.63, 3.8) is 0 Å². The normalized spacial score (nSPS) is 19.2. The van der Waals surface area contributed by atoms with Gasteiger partial charge in [0.25, 0.3) is 0 Å². The van der Waals surface area contributed by atoms with Gasteiger partial charge in [0.2, 0.25) is 11.8 Å². The minimum Gasteiger partial charge on any atom is -0.443 e. The van der Waals surface area contributed by atoms with E-state index in [9.17, 15) is 14.4 Å². The third kappa shape index (κ3) is 7.52. The molecule has 1 aliphatic heterocycles. The third-order valence-corrected chi connectivity index (χ3v) is 4.79. The van der Waals surface area contributed by atoms with Crippen LogP contribution >= 0.6 is 0 Å². The van der Waals surface area contributed by atoms with Crippen LogP contribution in [-0.4, -0.2) is 54.5 Å². The van der Waals surface area contributed by atoms with E-state index in [4.69, 9.17) is 14.2 Å². The largest absolute Gasteiger partial charge is 0.443 e. The molecule has 0 saturated carbocycles. The van der Waals surface area contributed by atoms with E-state index in [1.54, 1.807) is 20.8 Å². The van der Waals surface area contributed by atoms with Gasteiger partial charge in [0.05, 0.1) is 6.61 Å². The standard InChI is InChI=1S/C22H33N3O6/c1-6-25(20(28)29-14-16-10-8-7-9-11-16)24-17(26)12-13-23-19(27)18-21(2,3)15-30-22(4,5)31-18/h7-11,18H,6,12-15H2,1-5H3,(H,23,27)(H,24,26). The first-order valence-electron chi connectivity index (χ1n) is 10.4. The van der Waals surface area contributed by atoms with Crippen molar-refractivity contribution in [2.75, 3.05) is 19.7 Å². The fourth-order valence-corrected chi connectivity index (χ4v) is 2.97. The maximum absolute atomic E-state index is 12.6. The van der Waals surface area contributed by atoms with Gasteiger partial charge in [-0.15, -0.1) is 0 Å². The molecule has 0 radical (unpaired) electrons. The number of nitrogens with zero attached hydrogens (tertiary/aromatic N) is 1. The SMILES string of the molecule is CCN(NC(=O)CCNC(=O)C1OC(C)(C)OCC1(C)C)C(=O)OCc1ccccc1. The molecule has 3 amide bonds. The summed E-state index contributed by atoms with van der Waals surface area (Å²) >= 11 is 0. The molecule has 31 heavy (non-hydrogen) atoms. The second kappa shape index (κ2) is 10.6. The van der Waals surface area contributed by atoms with Crippen molar-refractivity contribution >= 4 is 17.9 Å². The van der Waals surface area contributed by atoms with Gasteiger partial charge in [-0.05, 0) is 26.3 Å². The van der Waals surface area contributed by atoms with E-state index < -0.39 is 29.3 Å². The molecule has 1 aliphatic rings. The number of carbonyl (C=O) groups excluding carboxylic acids is 3. The lowest BCUT2D eigenvalue weighted by atomic mass is 9.85. The average molecular weight is 436 g/mol. The Bertz CT molecular complexity index is 766. The molecule has 9 heteroatoms. The van der Waals surface area contributed by atoms with Crippen LogP contribution in [0.5, 0.6) is 0 Å². The summed E-state index contributed by atoms with van der Waals surface area (Å²) in [6.07, 6.45) is -1.34. The van der Waals surface area contributed by atoms with Crippen LogP contribution in [-0.2, 0) is 30.4 Å². The highest BCUT2D eigenvalue weighted by Gasteiger charge is 2.45. The van der Waals surface area contributed by atoms with Crippen LogP contribution in [0.1, 0.15) is 46.6 Å². The maximum Gasteiger partial charge on any atom is 0.428 e. The summed E-state index contributed by atoms with van der Waals surface area (Å²) in [6, 6.07) is 9.26. The van der Waals surface area contributed by atoms with E-state index in [0.717, 1.165) is 10.6 Å². The van der Waals surface area contributed by atoms with Crippen molar-refractivity contribution in [2.45, 2.75) is 59.5 Å². The minimum atomic E-state index is -0.851. The van der Waals surface area contributed by atoms with E-state index in [-0.39, 0.29) is 32.0 Å². The molecule has 1 unspecified atom stereocenters. The third-order valence-electron chi connectivity index (χ3n) is 4.79. The van der Waals surface area contributed by atoms with Gasteiger partial charge in [0, 0.05) is 24.9 Å². The Morgan fingerprint density at radius 1 is 1.16 bits per heavy atom. The minimum absolute atomic E-state index is 0.00124. The summed E-state index contributed by atoms with van der Waals surface area (Å²) in [7, 11) is 0. The summed E-state index contributed by atoms with van der Waals surface area (Å²) in [6.45, 7) is 9.85. The first-order valence-corrected chi connectivity index (χ1v) is 10.4. The Labute approximate surface area is 183 Å². The molecule has 9 nitrogen and oxygen atoms in total. The van der Waals surface area contributed by atoms with Gasteiger partial charge in [-0.1, -0.05) is 44.2 Å². The molecular formula is C22H33N3O6. The molecule has 0 spiro atoms. The molecule has 1 heterocycles. The molecule has 1 aromatic carbocycles. The number of ether oxygens (including phenoxy) is 3. The van der Waals surface area contributed by atoms with E-state index in [0.29, 0.717) is 6.61 Å². The molecule has 1 atom stereocenters. The first kappa shape index (κ1) is 24.6. The lowest BCUT2D eigenvalue weighted by Crippen LogP contribution is -2.56. The topological polar surface area (TPSA) is 106 Å². The van der Waals surface area contributed by atoms with Crippen LogP contribution in [0.4, 0.5) is 4.79 Å². The van der Waals surface area contributed by atoms with Crippen LogP contribution in [0.2, 0.25) is 0 Å². The zero-order chi connectivity index (χ0) is 23.1. The van der Waals surface area contributed by atoms with Gasteiger partial charge in [-0.2, -0.15) is 0 Å². The number of hydrogen-bond donors (Lipinski definition) is 2. The number of rotatable bonds is 7. The predicted molar refractivity (Wildman–Crippen MR) is 113 cm³/mol. The number of amides is 3. The van der Waals surface area contributed by atoms with Gasteiger partial charge >= 0.3 is 6.09 Å². The van der Waals surface area contributed by atoms with Crippen LogP contribution in [0.3, 0.4) is 0 Å². The highest BCUT2D eigenvalue weighted by Crippen LogP contribution is 2.34. The number of nitrogens with one attached hydrogen (secondary N) is 2. The molecule has 2 N–H and O–H groups in total. The van der Waals surface area contributed by atoms with Gasteiger partial charge < -0.3 is 19.5 Å². The lowest BCUT2D eigenvalue weighted by molar-refractivity contribution is -0.304. The van der Waals surface area contributed by atoms with Gasteiger partial charge in [0.1, 0.15) is 12.7 Å². The molecule has 2 rings (SSSR count). The molecule has 1 aromatic rings. The zero-order valence-corrected chi connectivity index (χ0v) is 18.9. The zero-order valence-electron chi connectivity index (χ0n) is 18.9. The number of hydrogen-bond acceptors (Lipinski definition) is 6. The molecule has 172 valence electrons. The Balaban J connectivity index is 1.76. The van der Waals surface area contributed by atoms with E-state index in [1.165, 1.54) is 0 Å². The quantitative estimate of drug-likeness (QED) is 0.637. The summed E-state index contributed by atoms with van der Waals surface area (Å²) in [5.74, 6) is -1.56. The smallest absolute Gasteiger partial charge is 0.428 e. The molecule has 0 aromatic heterocycles. The Morgan fingerprint density at radius 3 is 2.48 bits per heavy atom. The van der Waals surface area contributed by atoms with Gasteiger partial charge in [-0.3, -0.25) is 15.0 Å². The van der Waals surface area contributed by atoms with Crippen LogP contribution < -0.4 is 10.7 Å². The Hall–Kier alpha value is -2.65. The molecule has 0 bridgehead atoms. The van der Waals surface area contributed by atoms with Crippen molar-refractivity contribution in [3.05, 3.63) is 35.9 Å². The maximum atomic E-state index is 12.6. The summed E-state index contributed by atoms with van der Waals surface area (Å²) in [5, 5.41) is 3.83. The summed E-state index contributed by atoms with van der Waals surface area (Å²) in [5.41, 5.74) is 2.86. The average Bonchev–Trinajstić information content (AvgIpc) is 2.73. The molecule has 1 saturated heterocycles. The van der Waals surface area contributed by atoms with Crippen LogP contribution in [0.15, 0.2) is 30.3 Å². The van der Waals surface area contributed by atoms with Crippen molar-refractivity contribution < 1.29 is 28.6 Å². The highest BCUT2D eigenvalue weighted by molar-refractivity contribution is 5.83. The summed E-state index contributed by atoms with van der Waals surface area (Å²) < 4.78 is 16.6. The first-order chi connectivity index (χ1) is 14.5. The van der Waals surface area contributed by atoms with E-state index >= 15 is 0 Å². The predicted octanol–water partition coefficient (Wildman–Crippen LogP) is 2.36. The van der Waals surface area contributed by atoms with E-state index in [1.807, 2.05) is 44.2 Å². The van der Waals surface area contributed by atoms with Crippen LogP contribution in [0, 0.1) is 5.41 Å². The van der Waals surface area contributed by atoms with Crippen molar-refractivity contribution in [3.8, 4) is 0 Å². The Kier molecular flexibility index (Phi) is 8.41. The van der Waals surface area contributed by atoms with Crippen LogP contribution in [0.25, 0.3) is 0 Å². The van der Waals surface area contributed by atoms with Gasteiger partial charge in [-0.25, -0.2) is 9.80 Å². The fraction of sp³-hybridized carbons (Fsp3) is 0.591. The van der Waals surface area contributed by atoms with Gasteiger partial charge in [0.15, 0.2) is 5.79 Å². The highest BCUT2D eigenvalue weighted by atomic mass is 16.7. The Morgan fingerprint density at radius 2 is 1.84 bits per heavy atom. The fourth-order valence-electron chi connectivity index (χ4n) is 2.97. The second-order valence-electron chi connectivity index (χ2n) is 8.54. The van der Waals surface area contributed by atoms with Crippen molar-refractivity contribution in [1.82, 2.24) is 15.8 Å². The van der Waals surface area contributed by atoms with E-state index in [2.05, 4.69) is 10.7 Å². The molecule has 1 fully saturated rings. The number of benzene rings is 1. The molecular weight excluding hydrogens is 402 g/mol. The molecule has 0 aliphatic carbocycles. The second-order valence-corrected chi connectivity index (χ2v) is 8.54. The van der Waals surface area contributed by atoms with Crippen molar-refractivity contribution in [1.29, 1.82) is 0 Å². The number of hydrazine groups is 1. The van der Waals surface area contributed by atoms with Crippen molar-refractivity contribution in [2.24, 2.45) is 5.41 Å². The summed E-state index contributed by atoms with van der Waals surface area (Å²) in [4.78, 5) is 37.0. The lowest BCUT2D eigenvalue weighted by Gasteiger charge is -2.44. The monoisotopic (exact) mass is 435 g/mol. The number of carbonyl (C=O) groups is 3.